The third kappa shape index (κ3) is 4.18. The van der Waals surface area contributed by atoms with E-state index in [-0.39, 0.29) is 5.82 Å². The van der Waals surface area contributed by atoms with E-state index in [0.717, 1.165) is 22.9 Å². The maximum absolute atomic E-state index is 13.2. The van der Waals surface area contributed by atoms with Gasteiger partial charge in [0.25, 0.3) is 0 Å². The van der Waals surface area contributed by atoms with Crippen molar-refractivity contribution in [3.05, 3.63) is 29.6 Å². The highest BCUT2D eigenvalue weighted by molar-refractivity contribution is 7.21. The van der Waals surface area contributed by atoms with Crippen LogP contribution in [0.1, 0.15) is 51.0 Å². The van der Waals surface area contributed by atoms with E-state index < -0.39 is 0 Å². The molecule has 0 spiro atoms. The fourth-order valence-corrected chi connectivity index (χ4v) is 3.35. The molecule has 2 rings (SSSR count). The molecule has 0 aliphatic heterocycles. The van der Waals surface area contributed by atoms with Crippen LogP contribution in [-0.4, -0.2) is 6.61 Å². The SMILES string of the molecule is CCCCCCCCOc1sc2cc(F)ccc2c1C#N. The van der Waals surface area contributed by atoms with Crippen LogP contribution in [0.3, 0.4) is 0 Å². The topological polar surface area (TPSA) is 33.0 Å². The van der Waals surface area contributed by atoms with Crippen molar-refractivity contribution < 1.29 is 9.13 Å². The number of fused-ring (bicyclic) bond motifs is 1. The van der Waals surface area contributed by atoms with E-state index in [0.29, 0.717) is 17.2 Å². The van der Waals surface area contributed by atoms with Crippen molar-refractivity contribution in [2.75, 3.05) is 6.61 Å². The van der Waals surface area contributed by atoms with Crippen LogP contribution in [0.4, 0.5) is 4.39 Å². The first kappa shape index (κ1) is 15.8. The van der Waals surface area contributed by atoms with Gasteiger partial charge in [-0.25, -0.2) is 4.39 Å². The monoisotopic (exact) mass is 305 g/mol. The van der Waals surface area contributed by atoms with Crippen LogP contribution >= 0.6 is 11.3 Å². The third-order valence-corrected chi connectivity index (χ3v) is 4.53. The highest BCUT2D eigenvalue weighted by Gasteiger charge is 2.13. The van der Waals surface area contributed by atoms with Crippen LogP contribution in [0.25, 0.3) is 10.1 Å². The summed E-state index contributed by atoms with van der Waals surface area (Å²) in [5, 5.41) is 10.7. The lowest BCUT2D eigenvalue weighted by molar-refractivity contribution is 0.312. The number of unbranched alkanes of at least 4 members (excludes halogenated alkanes) is 5. The number of ether oxygens (including phenoxy) is 1. The van der Waals surface area contributed by atoms with E-state index in [9.17, 15) is 9.65 Å². The number of nitriles is 1. The van der Waals surface area contributed by atoms with Crippen LogP contribution in [0, 0.1) is 17.1 Å². The summed E-state index contributed by atoms with van der Waals surface area (Å²) in [6.45, 7) is 2.83. The van der Waals surface area contributed by atoms with Gasteiger partial charge in [-0.15, -0.1) is 0 Å². The number of rotatable bonds is 8. The smallest absolute Gasteiger partial charge is 0.193 e. The Bertz CT molecular complexity index is 629. The molecule has 2 aromatic rings. The minimum Gasteiger partial charge on any atom is -0.483 e. The highest BCUT2D eigenvalue weighted by atomic mass is 32.1. The Morgan fingerprint density at radius 1 is 1.19 bits per heavy atom. The molecule has 4 heteroatoms. The normalized spacial score (nSPS) is 10.7. The van der Waals surface area contributed by atoms with E-state index in [2.05, 4.69) is 13.0 Å². The molecule has 2 nitrogen and oxygen atoms in total. The molecule has 0 saturated heterocycles. The second kappa shape index (κ2) is 7.99. The quantitative estimate of drug-likeness (QED) is 0.590. The fourth-order valence-electron chi connectivity index (χ4n) is 2.30. The van der Waals surface area contributed by atoms with Gasteiger partial charge in [0.2, 0.25) is 0 Å². The fraction of sp³-hybridized carbons (Fsp3) is 0.471. The Hall–Kier alpha value is -1.60. The number of hydrogen-bond donors (Lipinski definition) is 0. The lowest BCUT2D eigenvalue weighted by Gasteiger charge is -2.04. The maximum Gasteiger partial charge on any atom is 0.193 e. The van der Waals surface area contributed by atoms with Crippen molar-refractivity contribution >= 4 is 21.4 Å². The van der Waals surface area contributed by atoms with Crippen molar-refractivity contribution in [2.24, 2.45) is 0 Å². The molecule has 0 atom stereocenters. The van der Waals surface area contributed by atoms with Crippen LogP contribution in [-0.2, 0) is 0 Å². The predicted molar refractivity (Wildman–Crippen MR) is 85.4 cm³/mol. The summed E-state index contributed by atoms with van der Waals surface area (Å²) in [6.07, 6.45) is 7.21. The van der Waals surface area contributed by atoms with Gasteiger partial charge in [0, 0.05) is 10.1 Å². The van der Waals surface area contributed by atoms with E-state index >= 15 is 0 Å². The average Bonchev–Trinajstić information content (AvgIpc) is 2.82. The first-order valence-corrected chi connectivity index (χ1v) is 8.33. The summed E-state index contributed by atoms with van der Waals surface area (Å²) in [4.78, 5) is 0. The molecule has 1 aromatic heterocycles. The van der Waals surface area contributed by atoms with Gasteiger partial charge in [0.1, 0.15) is 17.4 Å². The molecule has 112 valence electrons. The van der Waals surface area contributed by atoms with Crippen LogP contribution < -0.4 is 4.74 Å². The zero-order chi connectivity index (χ0) is 15.1. The van der Waals surface area contributed by atoms with Crippen LogP contribution in [0.2, 0.25) is 0 Å². The number of halogens is 1. The highest BCUT2D eigenvalue weighted by Crippen LogP contribution is 2.37. The average molecular weight is 305 g/mol. The van der Waals surface area contributed by atoms with Gasteiger partial charge in [-0.1, -0.05) is 50.4 Å². The Morgan fingerprint density at radius 2 is 1.95 bits per heavy atom. The number of thiophene rings is 1. The molecule has 0 N–H and O–H groups in total. The maximum atomic E-state index is 13.2. The number of nitrogens with zero attached hydrogens (tertiary/aromatic N) is 1. The molecule has 21 heavy (non-hydrogen) atoms. The second-order valence-corrected chi connectivity index (χ2v) is 6.15. The number of hydrogen-bond acceptors (Lipinski definition) is 3. The largest absolute Gasteiger partial charge is 0.483 e. The molecule has 1 aromatic carbocycles. The molecule has 0 amide bonds. The van der Waals surface area contributed by atoms with Gasteiger partial charge in [-0.05, 0) is 24.6 Å². The number of benzene rings is 1. The minimum absolute atomic E-state index is 0.282. The van der Waals surface area contributed by atoms with Gasteiger partial charge < -0.3 is 4.74 Å². The zero-order valence-electron chi connectivity index (χ0n) is 12.3. The molecular weight excluding hydrogens is 285 g/mol. The molecular formula is C17H20FNOS. The van der Waals surface area contributed by atoms with Gasteiger partial charge in [-0.2, -0.15) is 5.26 Å². The summed E-state index contributed by atoms with van der Waals surface area (Å²) in [5.41, 5.74) is 0.529. The molecule has 0 saturated carbocycles. The summed E-state index contributed by atoms with van der Waals surface area (Å²) >= 11 is 1.35. The molecule has 0 aliphatic carbocycles. The van der Waals surface area contributed by atoms with Crippen molar-refractivity contribution in [2.45, 2.75) is 45.4 Å². The molecule has 0 radical (unpaired) electrons. The van der Waals surface area contributed by atoms with Crippen molar-refractivity contribution in [3.63, 3.8) is 0 Å². The van der Waals surface area contributed by atoms with Crippen LogP contribution in [0.5, 0.6) is 5.06 Å². The summed E-state index contributed by atoms with van der Waals surface area (Å²) in [7, 11) is 0. The van der Waals surface area contributed by atoms with Crippen molar-refractivity contribution in [1.82, 2.24) is 0 Å². The van der Waals surface area contributed by atoms with E-state index in [1.165, 1.54) is 49.2 Å². The van der Waals surface area contributed by atoms with Gasteiger partial charge in [0.15, 0.2) is 5.06 Å². The van der Waals surface area contributed by atoms with E-state index in [1.807, 2.05) is 0 Å². The summed E-state index contributed by atoms with van der Waals surface area (Å²) in [5.74, 6) is -0.282. The van der Waals surface area contributed by atoms with E-state index in [1.54, 1.807) is 6.07 Å². The van der Waals surface area contributed by atoms with Gasteiger partial charge >= 0.3 is 0 Å². The first-order valence-electron chi connectivity index (χ1n) is 7.51. The third-order valence-electron chi connectivity index (χ3n) is 3.46. The van der Waals surface area contributed by atoms with Gasteiger partial charge in [-0.3, -0.25) is 0 Å². The summed E-state index contributed by atoms with van der Waals surface area (Å²) in [6, 6.07) is 6.66. The molecule has 0 aliphatic rings. The standard InChI is InChI=1S/C17H20FNOS/c1-2-3-4-5-6-7-10-20-17-15(12-19)14-9-8-13(18)11-16(14)21-17/h8-9,11H,2-7,10H2,1H3. The lowest BCUT2D eigenvalue weighted by Crippen LogP contribution is -1.96. The summed E-state index contributed by atoms with van der Waals surface area (Å²) < 4.78 is 19.7. The van der Waals surface area contributed by atoms with Crippen LogP contribution in [0.15, 0.2) is 18.2 Å². The molecule has 0 fully saturated rings. The Kier molecular flexibility index (Phi) is 6.01. The molecule has 0 bridgehead atoms. The van der Waals surface area contributed by atoms with Crippen molar-refractivity contribution in [3.8, 4) is 11.1 Å². The molecule has 0 unspecified atom stereocenters. The van der Waals surface area contributed by atoms with Gasteiger partial charge in [0.05, 0.1) is 6.61 Å². The first-order chi connectivity index (χ1) is 10.3. The zero-order valence-corrected chi connectivity index (χ0v) is 13.1. The second-order valence-electron chi connectivity index (χ2n) is 5.13. The van der Waals surface area contributed by atoms with Crippen molar-refractivity contribution in [1.29, 1.82) is 5.26 Å². The lowest BCUT2D eigenvalue weighted by atomic mass is 10.1. The molecule has 1 heterocycles. The minimum atomic E-state index is -0.282. The van der Waals surface area contributed by atoms with E-state index in [4.69, 9.17) is 4.74 Å². The Balaban J connectivity index is 1.91. The Labute approximate surface area is 129 Å². The predicted octanol–water partition coefficient (Wildman–Crippen LogP) is 5.65. The Morgan fingerprint density at radius 3 is 2.71 bits per heavy atom.